The van der Waals surface area contributed by atoms with E-state index in [0.717, 1.165) is 12.8 Å². The number of aliphatic hydroxyl groups is 1. The molecule has 5 nitrogen and oxygen atoms in total. The molecule has 1 aliphatic heterocycles. The Hall–Kier alpha value is -1.37. The molecule has 1 heterocycles. The zero-order chi connectivity index (χ0) is 15.9. The molecule has 1 aromatic carbocycles. The van der Waals surface area contributed by atoms with Gasteiger partial charge in [-0.15, -0.1) is 0 Å². The number of halogens is 2. The van der Waals surface area contributed by atoms with Gasteiger partial charge in [-0.3, -0.25) is 0 Å². The summed E-state index contributed by atoms with van der Waals surface area (Å²) in [4.78, 5) is 13.8. The zero-order valence-corrected chi connectivity index (χ0v) is 13.0. The van der Waals surface area contributed by atoms with Crippen molar-refractivity contribution in [3.05, 3.63) is 29.0 Å². The molecular weight excluding hydrogens is 311 g/mol. The van der Waals surface area contributed by atoms with Crippen LogP contribution in [-0.2, 0) is 4.74 Å². The van der Waals surface area contributed by atoms with Gasteiger partial charge in [-0.05, 0) is 37.5 Å². The Morgan fingerprint density at radius 1 is 1.45 bits per heavy atom. The van der Waals surface area contributed by atoms with Gasteiger partial charge in [0.25, 0.3) is 0 Å². The van der Waals surface area contributed by atoms with Crippen LogP contribution in [0.5, 0.6) is 0 Å². The van der Waals surface area contributed by atoms with Crippen LogP contribution in [0, 0.1) is 5.82 Å². The van der Waals surface area contributed by atoms with E-state index in [9.17, 15) is 9.18 Å². The molecule has 0 saturated carbocycles. The normalized spacial score (nSPS) is 15.9. The lowest BCUT2D eigenvalue weighted by Crippen LogP contribution is -2.43. The highest BCUT2D eigenvalue weighted by atomic mass is 35.5. The molecule has 1 aliphatic rings. The van der Waals surface area contributed by atoms with Crippen LogP contribution in [0.4, 0.5) is 14.9 Å². The van der Waals surface area contributed by atoms with Gasteiger partial charge in [-0.1, -0.05) is 11.6 Å². The van der Waals surface area contributed by atoms with Crippen molar-refractivity contribution in [2.75, 3.05) is 31.6 Å². The predicted octanol–water partition coefficient (Wildman–Crippen LogP) is 2.87. The summed E-state index contributed by atoms with van der Waals surface area (Å²) < 4.78 is 18.7. The highest BCUT2D eigenvalue weighted by molar-refractivity contribution is 6.31. The first-order valence-electron chi connectivity index (χ1n) is 7.33. The van der Waals surface area contributed by atoms with E-state index in [1.165, 1.54) is 18.2 Å². The van der Waals surface area contributed by atoms with E-state index in [0.29, 0.717) is 31.8 Å². The van der Waals surface area contributed by atoms with E-state index in [1.807, 2.05) is 0 Å². The quantitative estimate of drug-likeness (QED) is 0.816. The van der Waals surface area contributed by atoms with E-state index in [1.54, 1.807) is 4.90 Å². The lowest BCUT2D eigenvalue weighted by atomic mass is 10.1. The molecule has 22 heavy (non-hydrogen) atoms. The first-order chi connectivity index (χ1) is 10.6. The molecule has 0 radical (unpaired) electrons. The second kappa shape index (κ2) is 8.31. The summed E-state index contributed by atoms with van der Waals surface area (Å²) in [5, 5.41) is 11.4. The topological polar surface area (TPSA) is 61.8 Å². The fourth-order valence-corrected chi connectivity index (χ4v) is 2.50. The monoisotopic (exact) mass is 330 g/mol. The number of ether oxygens (including phenoxy) is 1. The maximum atomic E-state index is 13.1. The summed E-state index contributed by atoms with van der Waals surface area (Å²) in [6.45, 7) is 1.87. The lowest BCUT2D eigenvalue weighted by Gasteiger charge is -2.32. The van der Waals surface area contributed by atoms with Crippen molar-refractivity contribution in [1.82, 2.24) is 4.90 Å². The van der Waals surface area contributed by atoms with Gasteiger partial charge in [0.1, 0.15) is 5.82 Å². The summed E-state index contributed by atoms with van der Waals surface area (Å²) >= 11 is 5.69. The van der Waals surface area contributed by atoms with Crippen LogP contribution >= 0.6 is 11.6 Å². The summed E-state index contributed by atoms with van der Waals surface area (Å²) in [6, 6.07) is 3.86. The zero-order valence-electron chi connectivity index (χ0n) is 12.2. The number of piperidine rings is 1. The third-order valence-corrected chi connectivity index (χ3v) is 3.85. The Kier molecular flexibility index (Phi) is 6.42. The number of nitrogens with one attached hydrogen (secondary N) is 1. The molecular formula is C15H20ClFN2O3. The standard InChI is InChI=1S/C15H20ClFN2O3/c16-13-10-11(2-3-14(13)17)18-15(21)19-6-4-12(5-7-19)22-9-1-8-20/h2-3,10,12,20H,1,4-9H2,(H,18,21). The summed E-state index contributed by atoms with van der Waals surface area (Å²) in [6.07, 6.45) is 2.30. The highest BCUT2D eigenvalue weighted by Crippen LogP contribution is 2.20. The van der Waals surface area contributed by atoms with Gasteiger partial charge in [-0.2, -0.15) is 0 Å². The Morgan fingerprint density at radius 3 is 2.82 bits per heavy atom. The molecule has 2 N–H and O–H groups in total. The van der Waals surface area contributed by atoms with Crippen molar-refractivity contribution in [3.63, 3.8) is 0 Å². The molecule has 1 saturated heterocycles. The smallest absolute Gasteiger partial charge is 0.321 e. The van der Waals surface area contributed by atoms with Gasteiger partial charge in [0.2, 0.25) is 0 Å². The van der Waals surface area contributed by atoms with Crippen molar-refractivity contribution >= 4 is 23.3 Å². The van der Waals surface area contributed by atoms with Gasteiger partial charge >= 0.3 is 6.03 Å². The van der Waals surface area contributed by atoms with Crippen molar-refractivity contribution in [1.29, 1.82) is 0 Å². The van der Waals surface area contributed by atoms with Crippen LogP contribution < -0.4 is 5.32 Å². The number of nitrogens with zero attached hydrogens (tertiary/aromatic N) is 1. The molecule has 1 fully saturated rings. The molecule has 1 aromatic rings. The van der Waals surface area contributed by atoms with Gasteiger partial charge in [0.05, 0.1) is 11.1 Å². The van der Waals surface area contributed by atoms with Crippen LogP contribution in [0.3, 0.4) is 0 Å². The van der Waals surface area contributed by atoms with E-state index < -0.39 is 5.82 Å². The first-order valence-corrected chi connectivity index (χ1v) is 7.71. The van der Waals surface area contributed by atoms with Crippen LogP contribution in [0.1, 0.15) is 19.3 Å². The van der Waals surface area contributed by atoms with Crippen LogP contribution in [0.2, 0.25) is 5.02 Å². The average Bonchev–Trinajstić information content (AvgIpc) is 2.52. The van der Waals surface area contributed by atoms with Crippen LogP contribution in [0.25, 0.3) is 0 Å². The minimum Gasteiger partial charge on any atom is -0.396 e. The summed E-state index contributed by atoms with van der Waals surface area (Å²) in [5.74, 6) is -0.513. The Bertz CT molecular complexity index is 508. The number of carbonyl (C=O) groups excluding carboxylic acids is 1. The molecule has 122 valence electrons. The molecule has 7 heteroatoms. The minimum atomic E-state index is -0.513. The number of rotatable bonds is 5. The van der Waals surface area contributed by atoms with Crippen molar-refractivity contribution in [2.24, 2.45) is 0 Å². The SMILES string of the molecule is O=C(Nc1ccc(F)c(Cl)c1)N1CCC(OCCCO)CC1. The highest BCUT2D eigenvalue weighted by Gasteiger charge is 2.23. The number of amides is 2. The number of likely N-dealkylation sites (tertiary alicyclic amines) is 1. The van der Waals surface area contributed by atoms with Gasteiger partial charge < -0.3 is 20.1 Å². The first kappa shape index (κ1) is 17.0. The average molecular weight is 331 g/mol. The number of carbonyl (C=O) groups is 1. The van der Waals surface area contributed by atoms with E-state index >= 15 is 0 Å². The third-order valence-electron chi connectivity index (χ3n) is 3.56. The molecule has 0 aliphatic carbocycles. The number of hydrogen-bond acceptors (Lipinski definition) is 3. The summed E-state index contributed by atoms with van der Waals surface area (Å²) in [7, 11) is 0. The number of hydrogen-bond donors (Lipinski definition) is 2. The molecule has 0 spiro atoms. The number of urea groups is 1. The van der Waals surface area contributed by atoms with E-state index in [4.69, 9.17) is 21.4 Å². The van der Waals surface area contributed by atoms with Gasteiger partial charge in [0, 0.05) is 32.0 Å². The number of benzene rings is 1. The Labute approximate surface area is 134 Å². The van der Waals surface area contributed by atoms with Gasteiger partial charge in [-0.25, -0.2) is 9.18 Å². The molecule has 0 aromatic heterocycles. The summed E-state index contributed by atoms with van der Waals surface area (Å²) in [5.41, 5.74) is 0.470. The van der Waals surface area contributed by atoms with E-state index in [2.05, 4.69) is 5.32 Å². The molecule has 2 rings (SSSR count). The van der Waals surface area contributed by atoms with Crippen molar-refractivity contribution < 1.29 is 19.0 Å². The maximum Gasteiger partial charge on any atom is 0.321 e. The Morgan fingerprint density at radius 2 is 2.18 bits per heavy atom. The van der Waals surface area contributed by atoms with E-state index in [-0.39, 0.29) is 23.8 Å². The van der Waals surface area contributed by atoms with Crippen molar-refractivity contribution in [3.8, 4) is 0 Å². The Balaban J connectivity index is 1.78. The van der Waals surface area contributed by atoms with Crippen molar-refractivity contribution in [2.45, 2.75) is 25.4 Å². The van der Waals surface area contributed by atoms with Crippen LogP contribution in [-0.4, -0.2) is 48.4 Å². The second-order valence-electron chi connectivity index (χ2n) is 5.19. The fourth-order valence-electron chi connectivity index (χ4n) is 2.32. The number of anilines is 1. The largest absolute Gasteiger partial charge is 0.396 e. The molecule has 0 atom stereocenters. The second-order valence-corrected chi connectivity index (χ2v) is 5.60. The maximum absolute atomic E-state index is 13.1. The fraction of sp³-hybridized carbons (Fsp3) is 0.533. The molecule has 2 amide bonds. The van der Waals surface area contributed by atoms with Crippen LogP contribution in [0.15, 0.2) is 18.2 Å². The predicted molar refractivity (Wildman–Crippen MR) is 82.7 cm³/mol. The number of aliphatic hydroxyl groups excluding tert-OH is 1. The lowest BCUT2D eigenvalue weighted by molar-refractivity contribution is 0.0101. The third kappa shape index (κ3) is 4.83. The van der Waals surface area contributed by atoms with Gasteiger partial charge in [0.15, 0.2) is 0 Å². The molecule has 0 bridgehead atoms. The minimum absolute atomic E-state index is 0.0196. The molecule has 0 unspecified atom stereocenters.